The van der Waals surface area contributed by atoms with Crippen LogP contribution in [0.3, 0.4) is 0 Å². The molecule has 2 heteroatoms. The number of rotatable bonds is 2. The van der Waals surface area contributed by atoms with Crippen LogP contribution in [0.15, 0.2) is 0 Å². The van der Waals surface area contributed by atoms with Crippen molar-refractivity contribution in [2.75, 3.05) is 0 Å². The summed E-state index contributed by atoms with van der Waals surface area (Å²) in [7, 11) is -0.798. The van der Waals surface area contributed by atoms with Gasteiger partial charge in [-0.2, -0.15) is 11.1 Å². The molecule has 0 amide bonds. The van der Waals surface area contributed by atoms with Gasteiger partial charge in [-0.15, -0.1) is 0 Å². The van der Waals surface area contributed by atoms with E-state index in [1.807, 2.05) is 0 Å². The third-order valence-electron chi connectivity index (χ3n) is 1.29. The van der Waals surface area contributed by atoms with E-state index in [-0.39, 0.29) is 0 Å². The van der Waals surface area contributed by atoms with Gasteiger partial charge in [-0.25, -0.2) is 0 Å². The Morgan fingerprint density at radius 1 is 1.33 bits per heavy atom. The molecule has 0 aliphatic rings. The van der Waals surface area contributed by atoms with Gasteiger partial charge < -0.3 is 0 Å². The second-order valence-electron chi connectivity index (χ2n) is 3.88. The molecule has 0 nitrogen and oxygen atoms in total. The van der Waals surface area contributed by atoms with Gasteiger partial charge >= 0.3 is 0 Å². The van der Waals surface area contributed by atoms with Gasteiger partial charge in [0, 0.05) is 0 Å². The summed E-state index contributed by atoms with van der Waals surface area (Å²) < 4.78 is 0. The van der Waals surface area contributed by atoms with Crippen molar-refractivity contribution in [2.24, 2.45) is 5.41 Å². The van der Waals surface area contributed by atoms with Gasteiger partial charge in [-0.3, -0.25) is 0 Å². The first-order valence-electron chi connectivity index (χ1n) is 3.56. The highest BCUT2D eigenvalue weighted by molar-refractivity contribution is 7.06. The molecule has 1 atom stereocenters. The number of hydrogen-bond donors (Lipinski definition) is 0. The fraction of sp³-hybridized carbons (Fsp3) is 1.00. The van der Waals surface area contributed by atoms with E-state index in [2.05, 4.69) is 27.3 Å². The molecule has 0 fully saturated rings. The Morgan fingerprint density at radius 3 is 1.89 bits per heavy atom. The molecule has 0 aliphatic carbocycles. The highest BCUT2D eigenvalue weighted by atomic mass is 35.6. The van der Waals surface area contributed by atoms with Crippen molar-refractivity contribution in [2.45, 2.75) is 39.8 Å². The molecule has 0 saturated carbocycles. The summed E-state index contributed by atoms with van der Waals surface area (Å²) in [6.45, 7) is 8.98. The third kappa shape index (κ3) is 8.51. The fourth-order valence-corrected chi connectivity index (χ4v) is 2.22. The molecule has 0 heterocycles. The molecule has 0 N–H and O–H groups in total. The minimum atomic E-state index is -0.798. The average molecular weight is 165 g/mol. The number of hydrogen-bond acceptors (Lipinski definition) is 0. The topological polar surface area (TPSA) is 0 Å². The molecule has 0 aromatic heterocycles. The molecule has 0 bridgehead atoms. The monoisotopic (exact) mass is 164 g/mol. The standard InChI is InChI=1S/C7H17ClSi/c1-7(2,3)5-6-9(4)8/h9H,5-6H2,1-4H3. The van der Waals surface area contributed by atoms with Gasteiger partial charge in [0.25, 0.3) is 0 Å². The lowest BCUT2D eigenvalue weighted by Gasteiger charge is -2.17. The summed E-state index contributed by atoms with van der Waals surface area (Å²) in [5.41, 5.74) is 0.482. The van der Waals surface area contributed by atoms with E-state index in [0.29, 0.717) is 5.41 Å². The number of halogens is 1. The second kappa shape index (κ2) is 3.62. The summed E-state index contributed by atoms with van der Waals surface area (Å²) >= 11 is 5.92. The summed E-state index contributed by atoms with van der Waals surface area (Å²) in [5, 5.41) is 0. The Bertz CT molecular complexity index is 73.5. The van der Waals surface area contributed by atoms with E-state index < -0.39 is 8.11 Å². The lowest BCUT2D eigenvalue weighted by Crippen LogP contribution is -2.08. The maximum absolute atomic E-state index is 5.92. The van der Waals surface area contributed by atoms with Crippen LogP contribution in [0.25, 0.3) is 0 Å². The Hall–Kier alpha value is 0.507. The van der Waals surface area contributed by atoms with Crippen LogP contribution in [0, 0.1) is 5.41 Å². The second-order valence-corrected chi connectivity index (χ2v) is 8.25. The Kier molecular flexibility index (Phi) is 3.82. The van der Waals surface area contributed by atoms with Crippen LogP contribution in [0.1, 0.15) is 27.2 Å². The molecule has 0 aromatic carbocycles. The molecule has 0 spiro atoms. The van der Waals surface area contributed by atoms with Gasteiger partial charge in [-0.05, 0) is 17.9 Å². The quantitative estimate of drug-likeness (QED) is 0.435. The fourth-order valence-electron chi connectivity index (χ4n) is 0.632. The third-order valence-corrected chi connectivity index (χ3v) is 3.03. The SMILES string of the molecule is C[SiH](Cl)CCC(C)(C)C. The minimum Gasteiger partial charge on any atom is -0.172 e. The molecule has 56 valence electrons. The van der Waals surface area contributed by atoms with Crippen molar-refractivity contribution < 1.29 is 0 Å². The molecule has 0 aromatic rings. The Morgan fingerprint density at radius 2 is 1.78 bits per heavy atom. The molecule has 0 saturated heterocycles. The van der Waals surface area contributed by atoms with Crippen LogP contribution in [-0.2, 0) is 0 Å². The lowest BCUT2D eigenvalue weighted by molar-refractivity contribution is 0.397. The maximum atomic E-state index is 5.92. The summed E-state index contributed by atoms with van der Waals surface area (Å²) in [6.07, 6.45) is 1.28. The van der Waals surface area contributed by atoms with Gasteiger partial charge in [0.15, 0.2) is 0 Å². The van der Waals surface area contributed by atoms with Crippen molar-refractivity contribution in [1.82, 2.24) is 0 Å². The first kappa shape index (κ1) is 9.51. The minimum absolute atomic E-state index is 0.482. The van der Waals surface area contributed by atoms with E-state index in [1.165, 1.54) is 12.5 Å². The average Bonchev–Trinajstić information content (AvgIpc) is 1.59. The molecule has 9 heavy (non-hydrogen) atoms. The van der Waals surface area contributed by atoms with Crippen LogP contribution < -0.4 is 0 Å². The first-order chi connectivity index (χ1) is 3.92. The van der Waals surface area contributed by atoms with Gasteiger partial charge in [0.2, 0.25) is 0 Å². The predicted molar refractivity (Wildman–Crippen MR) is 47.7 cm³/mol. The van der Waals surface area contributed by atoms with Gasteiger partial charge in [0.05, 0.1) is 0 Å². The van der Waals surface area contributed by atoms with Crippen LogP contribution in [0.2, 0.25) is 12.6 Å². The van der Waals surface area contributed by atoms with E-state index in [0.717, 1.165) is 0 Å². The summed E-state index contributed by atoms with van der Waals surface area (Å²) in [4.78, 5) is 0. The van der Waals surface area contributed by atoms with Crippen molar-refractivity contribution >= 4 is 19.2 Å². The summed E-state index contributed by atoms with van der Waals surface area (Å²) in [6, 6.07) is 1.27. The largest absolute Gasteiger partial charge is 0.172 e. The predicted octanol–water partition coefficient (Wildman–Crippen LogP) is 3.02. The lowest BCUT2D eigenvalue weighted by atomic mass is 9.94. The highest BCUT2D eigenvalue weighted by Gasteiger charge is 2.11. The zero-order valence-corrected chi connectivity index (χ0v) is 8.78. The van der Waals surface area contributed by atoms with Crippen LogP contribution in [-0.4, -0.2) is 8.11 Å². The van der Waals surface area contributed by atoms with Crippen LogP contribution >= 0.6 is 11.1 Å². The molecule has 1 unspecified atom stereocenters. The van der Waals surface area contributed by atoms with E-state index in [9.17, 15) is 0 Å². The molecule has 0 radical (unpaired) electrons. The van der Waals surface area contributed by atoms with Gasteiger partial charge in [-0.1, -0.05) is 27.3 Å². The molecular formula is C7H17ClSi. The van der Waals surface area contributed by atoms with Crippen LogP contribution in [0.4, 0.5) is 0 Å². The maximum Gasteiger partial charge on any atom is 0.138 e. The van der Waals surface area contributed by atoms with Crippen molar-refractivity contribution in [3.63, 3.8) is 0 Å². The zero-order valence-electron chi connectivity index (χ0n) is 6.87. The summed E-state index contributed by atoms with van der Waals surface area (Å²) in [5.74, 6) is 0. The highest BCUT2D eigenvalue weighted by Crippen LogP contribution is 2.22. The van der Waals surface area contributed by atoms with E-state index >= 15 is 0 Å². The first-order valence-corrected chi connectivity index (χ1v) is 7.27. The smallest absolute Gasteiger partial charge is 0.138 e. The van der Waals surface area contributed by atoms with Gasteiger partial charge in [0.1, 0.15) is 8.11 Å². The zero-order chi connectivity index (χ0) is 7.49. The molecule has 0 aliphatic heterocycles. The van der Waals surface area contributed by atoms with Crippen molar-refractivity contribution in [1.29, 1.82) is 0 Å². The Labute approximate surface area is 64.9 Å². The Balaban J connectivity index is 3.28. The van der Waals surface area contributed by atoms with Crippen molar-refractivity contribution in [3.8, 4) is 0 Å². The van der Waals surface area contributed by atoms with E-state index in [1.54, 1.807) is 0 Å². The normalized spacial score (nSPS) is 15.7. The van der Waals surface area contributed by atoms with Crippen LogP contribution in [0.5, 0.6) is 0 Å². The van der Waals surface area contributed by atoms with E-state index in [4.69, 9.17) is 11.1 Å². The molecular weight excluding hydrogens is 148 g/mol. The van der Waals surface area contributed by atoms with Crippen molar-refractivity contribution in [3.05, 3.63) is 0 Å². The molecule has 0 rings (SSSR count).